The SMILES string of the molecule is COC(=O)c1ccc(F)cc1C#Cc1cccc(F)c1. The predicted molar refractivity (Wildman–Crippen MR) is 70.1 cm³/mol. The molecule has 0 atom stereocenters. The molecule has 4 heteroatoms. The summed E-state index contributed by atoms with van der Waals surface area (Å²) in [7, 11) is 1.23. The molecule has 0 unspecified atom stereocenters. The van der Waals surface area contributed by atoms with Crippen molar-refractivity contribution in [2.45, 2.75) is 0 Å². The van der Waals surface area contributed by atoms with E-state index in [4.69, 9.17) is 0 Å². The maximum Gasteiger partial charge on any atom is 0.339 e. The molecule has 0 radical (unpaired) electrons. The van der Waals surface area contributed by atoms with Crippen LogP contribution in [0.25, 0.3) is 0 Å². The van der Waals surface area contributed by atoms with Gasteiger partial charge in [0.25, 0.3) is 0 Å². The maximum absolute atomic E-state index is 13.2. The number of esters is 1. The van der Waals surface area contributed by atoms with Gasteiger partial charge in [0.15, 0.2) is 0 Å². The van der Waals surface area contributed by atoms with Crippen LogP contribution in [0.5, 0.6) is 0 Å². The van der Waals surface area contributed by atoms with Gasteiger partial charge in [0.1, 0.15) is 11.6 Å². The van der Waals surface area contributed by atoms with E-state index in [-0.39, 0.29) is 11.1 Å². The first kappa shape index (κ1) is 13.8. The third kappa shape index (κ3) is 3.21. The number of hydrogen-bond donors (Lipinski definition) is 0. The second-order valence-corrected chi connectivity index (χ2v) is 3.94. The molecule has 0 aliphatic carbocycles. The number of hydrogen-bond acceptors (Lipinski definition) is 2. The molecule has 2 aromatic rings. The van der Waals surface area contributed by atoms with Gasteiger partial charge in [-0.2, -0.15) is 0 Å². The quantitative estimate of drug-likeness (QED) is 0.589. The molecule has 2 rings (SSSR count). The summed E-state index contributed by atoms with van der Waals surface area (Å²) in [6.45, 7) is 0. The fourth-order valence-electron chi connectivity index (χ4n) is 1.61. The summed E-state index contributed by atoms with van der Waals surface area (Å²) in [6, 6.07) is 9.28. The first-order valence-corrected chi connectivity index (χ1v) is 5.75. The number of methoxy groups -OCH3 is 1. The second kappa shape index (κ2) is 5.98. The van der Waals surface area contributed by atoms with Crippen LogP contribution in [0.2, 0.25) is 0 Å². The minimum Gasteiger partial charge on any atom is -0.465 e. The Morgan fingerprint density at radius 1 is 1.05 bits per heavy atom. The van der Waals surface area contributed by atoms with Crippen LogP contribution in [0, 0.1) is 23.5 Å². The number of benzene rings is 2. The van der Waals surface area contributed by atoms with Crippen molar-refractivity contribution in [1.29, 1.82) is 0 Å². The standard InChI is InChI=1S/C16H10F2O2/c1-20-16(19)15-8-7-14(18)10-12(15)6-5-11-3-2-4-13(17)9-11/h2-4,7-10H,1H3. The third-order valence-corrected chi connectivity index (χ3v) is 2.55. The summed E-state index contributed by atoms with van der Waals surface area (Å²) in [6.07, 6.45) is 0. The molecule has 0 bridgehead atoms. The summed E-state index contributed by atoms with van der Waals surface area (Å²) >= 11 is 0. The fraction of sp³-hybridized carbons (Fsp3) is 0.0625. The van der Waals surface area contributed by atoms with Crippen LogP contribution in [0.4, 0.5) is 8.78 Å². The van der Waals surface area contributed by atoms with Gasteiger partial charge < -0.3 is 4.74 Å². The van der Waals surface area contributed by atoms with Crippen LogP contribution in [-0.2, 0) is 4.74 Å². The van der Waals surface area contributed by atoms with E-state index in [2.05, 4.69) is 16.6 Å². The van der Waals surface area contributed by atoms with E-state index in [0.29, 0.717) is 5.56 Å². The zero-order valence-electron chi connectivity index (χ0n) is 10.6. The zero-order chi connectivity index (χ0) is 14.5. The van der Waals surface area contributed by atoms with Crippen LogP contribution in [-0.4, -0.2) is 13.1 Å². The van der Waals surface area contributed by atoms with Crippen LogP contribution in [0.3, 0.4) is 0 Å². The Labute approximate surface area is 115 Å². The number of carbonyl (C=O) groups is 1. The van der Waals surface area contributed by atoms with Crippen molar-refractivity contribution in [3.8, 4) is 11.8 Å². The highest BCUT2D eigenvalue weighted by molar-refractivity contribution is 5.92. The lowest BCUT2D eigenvalue weighted by molar-refractivity contribution is 0.0600. The Morgan fingerprint density at radius 2 is 1.80 bits per heavy atom. The van der Waals surface area contributed by atoms with Gasteiger partial charge in [-0.1, -0.05) is 17.9 Å². The second-order valence-electron chi connectivity index (χ2n) is 3.94. The van der Waals surface area contributed by atoms with Crippen molar-refractivity contribution >= 4 is 5.97 Å². The van der Waals surface area contributed by atoms with E-state index >= 15 is 0 Å². The minimum absolute atomic E-state index is 0.165. The molecule has 0 amide bonds. The summed E-state index contributed by atoms with van der Waals surface area (Å²) in [5.41, 5.74) is 0.795. The maximum atomic E-state index is 13.2. The molecule has 0 aromatic heterocycles. The molecule has 100 valence electrons. The van der Waals surface area contributed by atoms with Gasteiger partial charge in [0.2, 0.25) is 0 Å². The van der Waals surface area contributed by atoms with Gasteiger partial charge in [0, 0.05) is 11.1 Å². The predicted octanol–water partition coefficient (Wildman–Crippen LogP) is 3.15. The number of carbonyl (C=O) groups excluding carboxylic acids is 1. The topological polar surface area (TPSA) is 26.3 Å². The van der Waals surface area contributed by atoms with Gasteiger partial charge in [-0.25, -0.2) is 13.6 Å². The van der Waals surface area contributed by atoms with Crippen molar-refractivity contribution in [3.05, 3.63) is 70.8 Å². The van der Waals surface area contributed by atoms with Crippen LogP contribution in [0.15, 0.2) is 42.5 Å². The highest BCUT2D eigenvalue weighted by atomic mass is 19.1. The number of rotatable bonds is 1. The zero-order valence-corrected chi connectivity index (χ0v) is 10.6. The number of ether oxygens (including phenoxy) is 1. The van der Waals surface area contributed by atoms with E-state index in [1.165, 1.54) is 31.4 Å². The lowest BCUT2D eigenvalue weighted by Crippen LogP contribution is -2.04. The smallest absolute Gasteiger partial charge is 0.339 e. The Bertz CT molecular complexity index is 712. The minimum atomic E-state index is -0.603. The van der Waals surface area contributed by atoms with Gasteiger partial charge in [-0.15, -0.1) is 0 Å². The first-order chi connectivity index (χ1) is 9.60. The molecule has 20 heavy (non-hydrogen) atoms. The molecule has 0 aliphatic heterocycles. The molecule has 2 aromatic carbocycles. The Balaban J connectivity index is 2.43. The highest BCUT2D eigenvalue weighted by Gasteiger charge is 2.10. The largest absolute Gasteiger partial charge is 0.465 e. The Morgan fingerprint density at radius 3 is 2.50 bits per heavy atom. The molecule has 0 fully saturated rings. The van der Waals surface area contributed by atoms with Crippen LogP contribution >= 0.6 is 0 Å². The fourth-order valence-corrected chi connectivity index (χ4v) is 1.61. The molecule has 0 heterocycles. The Kier molecular flexibility index (Phi) is 4.11. The van der Waals surface area contributed by atoms with Crippen molar-refractivity contribution in [2.75, 3.05) is 7.11 Å². The first-order valence-electron chi connectivity index (χ1n) is 5.75. The summed E-state index contributed by atoms with van der Waals surface area (Å²) in [5.74, 6) is 3.81. The van der Waals surface area contributed by atoms with Gasteiger partial charge >= 0.3 is 5.97 Å². The van der Waals surface area contributed by atoms with Gasteiger partial charge in [-0.3, -0.25) is 0 Å². The average molecular weight is 272 g/mol. The molecule has 0 saturated heterocycles. The van der Waals surface area contributed by atoms with E-state index in [1.807, 2.05) is 0 Å². The van der Waals surface area contributed by atoms with Crippen molar-refractivity contribution in [1.82, 2.24) is 0 Å². The van der Waals surface area contributed by atoms with Crippen molar-refractivity contribution in [3.63, 3.8) is 0 Å². The van der Waals surface area contributed by atoms with Crippen LogP contribution < -0.4 is 0 Å². The molecule has 0 spiro atoms. The van der Waals surface area contributed by atoms with E-state index in [9.17, 15) is 13.6 Å². The number of halogens is 2. The highest BCUT2D eigenvalue weighted by Crippen LogP contribution is 2.12. The lowest BCUT2D eigenvalue weighted by Gasteiger charge is -2.02. The van der Waals surface area contributed by atoms with E-state index < -0.39 is 17.6 Å². The normalized spacial score (nSPS) is 9.55. The van der Waals surface area contributed by atoms with Crippen molar-refractivity contribution in [2.24, 2.45) is 0 Å². The summed E-state index contributed by atoms with van der Waals surface area (Å²) in [5, 5.41) is 0. The summed E-state index contributed by atoms with van der Waals surface area (Å²) < 4.78 is 30.8. The van der Waals surface area contributed by atoms with Crippen molar-refractivity contribution < 1.29 is 18.3 Å². The summed E-state index contributed by atoms with van der Waals surface area (Å²) in [4.78, 5) is 11.5. The lowest BCUT2D eigenvalue weighted by atomic mass is 10.1. The van der Waals surface area contributed by atoms with Crippen LogP contribution in [0.1, 0.15) is 21.5 Å². The molecular weight excluding hydrogens is 262 g/mol. The van der Waals surface area contributed by atoms with E-state index in [1.54, 1.807) is 6.07 Å². The van der Waals surface area contributed by atoms with Gasteiger partial charge in [-0.05, 0) is 36.4 Å². The monoisotopic (exact) mass is 272 g/mol. The Hall–Kier alpha value is -2.67. The third-order valence-electron chi connectivity index (χ3n) is 2.55. The molecular formula is C16H10F2O2. The van der Waals surface area contributed by atoms with E-state index in [0.717, 1.165) is 12.1 Å². The van der Waals surface area contributed by atoms with Gasteiger partial charge in [0.05, 0.1) is 12.7 Å². The molecule has 0 N–H and O–H groups in total. The average Bonchev–Trinajstić information content (AvgIpc) is 2.44. The molecule has 0 aliphatic rings. The molecule has 2 nitrogen and oxygen atoms in total. The molecule has 0 saturated carbocycles.